The monoisotopic (exact) mass is 593 g/mol. The van der Waals surface area contributed by atoms with Gasteiger partial charge in [0.2, 0.25) is 0 Å². The number of benzene rings is 3. The summed E-state index contributed by atoms with van der Waals surface area (Å²) in [6.07, 6.45) is 3.65. The molecule has 0 aliphatic carbocycles. The van der Waals surface area contributed by atoms with Crippen LogP contribution in [0.2, 0.25) is 0 Å². The van der Waals surface area contributed by atoms with E-state index >= 15 is 0 Å². The minimum Gasteiger partial charge on any atom is -0.455 e. The number of rotatable bonds is 5. The van der Waals surface area contributed by atoms with E-state index in [0.717, 1.165) is 27.8 Å². The largest absolute Gasteiger partial charge is 0.455 e. The lowest BCUT2D eigenvalue weighted by molar-refractivity contribution is 0.0964. The van der Waals surface area contributed by atoms with E-state index in [0.29, 0.717) is 50.0 Å². The molecule has 0 saturated heterocycles. The van der Waals surface area contributed by atoms with E-state index in [-0.39, 0.29) is 17.5 Å². The van der Waals surface area contributed by atoms with Crippen molar-refractivity contribution in [1.29, 1.82) is 0 Å². The Balaban J connectivity index is 1.51. The smallest absolute Gasteiger partial charge is 0.255 e. The summed E-state index contributed by atoms with van der Waals surface area (Å²) in [5.41, 5.74) is 7.23. The fourth-order valence-electron chi connectivity index (χ4n) is 5.59. The van der Waals surface area contributed by atoms with Crippen molar-refractivity contribution in [2.24, 2.45) is 0 Å². The maximum Gasteiger partial charge on any atom is 0.255 e. The van der Waals surface area contributed by atoms with Gasteiger partial charge in [-0.1, -0.05) is 11.9 Å². The minimum absolute atomic E-state index is 0.295. The normalized spacial score (nSPS) is 11.7. The molecule has 1 amide bonds. The molecule has 214 valence electrons. The van der Waals surface area contributed by atoms with Crippen LogP contribution in [0.5, 0.6) is 0 Å². The summed E-state index contributed by atoms with van der Waals surface area (Å²) in [7, 11) is 3.49. The average molecular weight is 594 g/mol. The molecule has 1 N–H and O–H groups in total. The molecule has 7 aromatic rings. The first-order valence-electron chi connectivity index (χ1n) is 13.5. The van der Waals surface area contributed by atoms with Crippen molar-refractivity contribution < 1.29 is 18.0 Å². The Morgan fingerprint density at radius 2 is 1.79 bits per heavy atom. The third-order valence-corrected chi connectivity index (χ3v) is 8.48. The molecule has 0 saturated carbocycles. The van der Waals surface area contributed by atoms with Crippen LogP contribution in [-0.2, 0) is 0 Å². The molecule has 0 aliphatic rings. The average Bonchev–Trinajstić information content (AvgIpc) is 3.58. The van der Waals surface area contributed by atoms with Crippen molar-refractivity contribution in [3.63, 3.8) is 0 Å². The number of aryl methyl sites for hydroxylation is 1. The van der Waals surface area contributed by atoms with Gasteiger partial charge in [-0.25, -0.2) is 18.7 Å². The second kappa shape index (κ2) is 10.1. The van der Waals surface area contributed by atoms with E-state index in [1.165, 1.54) is 30.1 Å². The van der Waals surface area contributed by atoms with Crippen molar-refractivity contribution in [2.75, 3.05) is 24.7 Å². The second-order valence-corrected chi connectivity index (χ2v) is 11.2. The van der Waals surface area contributed by atoms with Crippen LogP contribution in [-0.4, -0.2) is 40.6 Å². The van der Waals surface area contributed by atoms with Gasteiger partial charge in [-0.05, 0) is 73.2 Å². The summed E-state index contributed by atoms with van der Waals surface area (Å²) in [4.78, 5) is 22.9. The van der Waals surface area contributed by atoms with Crippen molar-refractivity contribution in [1.82, 2.24) is 19.7 Å². The lowest BCUT2D eigenvalue weighted by atomic mass is 10.0. The molecule has 0 bridgehead atoms. The number of amides is 1. The van der Waals surface area contributed by atoms with Crippen LogP contribution >= 0.6 is 11.9 Å². The maximum atomic E-state index is 14.9. The predicted octanol–water partition coefficient (Wildman–Crippen LogP) is 7.78. The van der Waals surface area contributed by atoms with E-state index < -0.39 is 0 Å². The second-order valence-electron chi connectivity index (χ2n) is 10.3. The van der Waals surface area contributed by atoms with E-state index in [4.69, 9.17) is 9.40 Å². The highest BCUT2D eigenvalue weighted by Crippen LogP contribution is 2.42. The predicted molar refractivity (Wildman–Crippen MR) is 169 cm³/mol. The SMILES string of the molecule is CNC(=O)c1c(-c2ccc(F)cc2)oc2cc(N(C)SC)c(-c3ccc4ncn5c6cc(C)cc(F)c6cc5c4n3)cc12. The van der Waals surface area contributed by atoms with E-state index in [1.54, 1.807) is 31.6 Å². The summed E-state index contributed by atoms with van der Waals surface area (Å²) in [6, 6.07) is 18.7. The molecule has 4 aromatic heterocycles. The minimum atomic E-state index is -0.382. The third kappa shape index (κ3) is 4.28. The zero-order chi connectivity index (χ0) is 30.0. The number of fused-ring (bicyclic) bond motifs is 6. The van der Waals surface area contributed by atoms with Crippen LogP contribution < -0.4 is 9.62 Å². The Morgan fingerprint density at radius 3 is 2.53 bits per heavy atom. The van der Waals surface area contributed by atoms with Gasteiger partial charge in [0.25, 0.3) is 5.91 Å². The molecule has 0 aliphatic heterocycles. The Bertz CT molecular complexity index is 2240. The molecule has 0 atom stereocenters. The molecule has 7 nitrogen and oxygen atoms in total. The summed E-state index contributed by atoms with van der Waals surface area (Å²) in [6.45, 7) is 1.86. The van der Waals surface area contributed by atoms with E-state index in [9.17, 15) is 13.6 Å². The molecule has 0 fully saturated rings. The first kappa shape index (κ1) is 26.9. The van der Waals surface area contributed by atoms with Crippen molar-refractivity contribution in [2.45, 2.75) is 6.92 Å². The number of carbonyl (C=O) groups is 1. The fourth-order valence-corrected chi connectivity index (χ4v) is 5.93. The first-order valence-corrected chi connectivity index (χ1v) is 14.7. The summed E-state index contributed by atoms with van der Waals surface area (Å²) < 4.78 is 38.7. The first-order chi connectivity index (χ1) is 20.8. The van der Waals surface area contributed by atoms with Gasteiger partial charge in [-0.2, -0.15) is 0 Å². The molecule has 0 spiro atoms. The number of halogens is 2. The standard InChI is InChI=1S/C33H25F2N5O2S/c1-17-11-23(35)20-14-28-31-25(37-16-40(28)27(20)12-17)10-9-24(38-31)21-13-22-29(15-26(21)39(3)43-4)42-32(30(22)33(41)36-2)18-5-7-19(34)8-6-18/h5-16H,1-4H3,(H,36,41). The number of carbonyl (C=O) groups excluding carboxylic acids is 1. The lowest BCUT2D eigenvalue weighted by Crippen LogP contribution is -2.18. The van der Waals surface area contributed by atoms with Crippen LogP contribution in [0, 0.1) is 18.6 Å². The quantitative estimate of drug-likeness (QED) is 0.206. The summed E-state index contributed by atoms with van der Waals surface area (Å²) in [5.74, 6) is -0.661. The molecule has 3 aromatic carbocycles. The molecule has 7 rings (SSSR count). The molecule has 4 heterocycles. The van der Waals surface area contributed by atoms with Crippen molar-refractivity contribution in [3.8, 4) is 22.6 Å². The zero-order valence-corrected chi connectivity index (χ0v) is 24.5. The van der Waals surface area contributed by atoms with Gasteiger partial charge >= 0.3 is 0 Å². The molecular formula is C33H25F2N5O2S. The van der Waals surface area contributed by atoms with Gasteiger partial charge in [0.05, 0.1) is 33.5 Å². The van der Waals surface area contributed by atoms with E-state index in [1.807, 2.05) is 59.3 Å². The van der Waals surface area contributed by atoms with E-state index in [2.05, 4.69) is 10.3 Å². The maximum absolute atomic E-state index is 14.9. The van der Waals surface area contributed by atoms with Crippen LogP contribution in [0.15, 0.2) is 77.5 Å². The van der Waals surface area contributed by atoms with Crippen molar-refractivity contribution in [3.05, 3.63) is 95.8 Å². The summed E-state index contributed by atoms with van der Waals surface area (Å²) >= 11 is 1.51. The fraction of sp³-hybridized carbons (Fsp3) is 0.121. The lowest BCUT2D eigenvalue weighted by Gasteiger charge is -2.19. The Hall–Kier alpha value is -4.96. The zero-order valence-electron chi connectivity index (χ0n) is 23.7. The third-order valence-electron chi connectivity index (χ3n) is 7.74. The topological polar surface area (TPSA) is 75.7 Å². The molecule has 10 heteroatoms. The molecule has 43 heavy (non-hydrogen) atoms. The number of hydrogen-bond donors (Lipinski definition) is 1. The Kier molecular flexibility index (Phi) is 6.32. The molecular weight excluding hydrogens is 568 g/mol. The number of furan rings is 1. The number of nitrogens with zero attached hydrogens (tertiary/aromatic N) is 4. The Morgan fingerprint density at radius 1 is 1.00 bits per heavy atom. The van der Waals surface area contributed by atoms with Crippen LogP contribution in [0.1, 0.15) is 15.9 Å². The number of aromatic nitrogens is 3. The van der Waals surface area contributed by atoms with Gasteiger partial charge in [-0.3, -0.25) is 9.20 Å². The number of hydrogen-bond acceptors (Lipinski definition) is 6. The highest BCUT2D eigenvalue weighted by molar-refractivity contribution is 7.99. The van der Waals surface area contributed by atoms with Crippen molar-refractivity contribution >= 4 is 62.0 Å². The highest BCUT2D eigenvalue weighted by Gasteiger charge is 2.25. The van der Waals surface area contributed by atoms with Gasteiger partial charge in [0.1, 0.15) is 34.8 Å². The van der Waals surface area contributed by atoms with Crippen LogP contribution in [0.4, 0.5) is 14.5 Å². The van der Waals surface area contributed by atoms with Gasteiger partial charge in [0.15, 0.2) is 0 Å². The van der Waals surface area contributed by atoms with Crippen LogP contribution in [0.3, 0.4) is 0 Å². The number of anilines is 1. The molecule has 0 unspecified atom stereocenters. The number of pyridine rings is 1. The van der Waals surface area contributed by atoms with Gasteiger partial charge < -0.3 is 14.0 Å². The Labute approximate surface area is 249 Å². The highest BCUT2D eigenvalue weighted by atomic mass is 32.2. The number of nitrogens with one attached hydrogen (secondary N) is 1. The van der Waals surface area contributed by atoms with Gasteiger partial charge in [0, 0.05) is 48.3 Å². The van der Waals surface area contributed by atoms with Crippen LogP contribution in [0.25, 0.3) is 61.0 Å². The summed E-state index contributed by atoms with van der Waals surface area (Å²) in [5, 5.41) is 3.80. The molecule has 0 radical (unpaired) electrons. The van der Waals surface area contributed by atoms with Gasteiger partial charge in [-0.15, -0.1) is 0 Å².